The fourth-order valence-corrected chi connectivity index (χ4v) is 2.89. The molecule has 1 nitrogen and oxygen atoms in total. The Bertz CT molecular complexity index is 553. The highest BCUT2D eigenvalue weighted by Crippen LogP contribution is 2.52. The van der Waals surface area contributed by atoms with Gasteiger partial charge in [-0.25, -0.2) is 0 Å². The number of nitrogens with two attached hydrogens (primary N) is 1. The van der Waals surface area contributed by atoms with E-state index in [1.54, 1.807) is 0 Å². The average Bonchev–Trinajstić information content (AvgIpc) is 3.11. The minimum absolute atomic E-state index is 0. The van der Waals surface area contributed by atoms with Gasteiger partial charge in [0.05, 0.1) is 0 Å². The van der Waals surface area contributed by atoms with E-state index >= 15 is 0 Å². The molecule has 2 aromatic rings. The van der Waals surface area contributed by atoms with Crippen LogP contribution in [0.5, 0.6) is 0 Å². The van der Waals surface area contributed by atoms with Gasteiger partial charge in [-0.2, -0.15) is 0 Å². The van der Waals surface area contributed by atoms with Crippen molar-refractivity contribution in [3.05, 3.63) is 70.7 Å². The minimum atomic E-state index is -0.0241. The molecule has 2 atom stereocenters. The van der Waals surface area contributed by atoms with Crippen molar-refractivity contribution >= 4 is 24.0 Å². The molecular formula is C17H19Cl2N. The first-order valence-corrected chi connectivity index (χ1v) is 7.13. The van der Waals surface area contributed by atoms with Crippen molar-refractivity contribution in [1.82, 2.24) is 0 Å². The number of hydrogen-bond acceptors (Lipinski definition) is 1. The van der Waals surface area contributed by atoms with E-state index in [0.29, 0.717) is 5.92 Å². The molecule has 1 aliphatic carbocycles. The Labute approximate surface area is 131 Å². The van der Waals surface area contributed by atoms with Gasteiger partial charge in [-0.3, -0.25) is 0 Å². The van der Waals surface area contributed by atoms with Crippen molar-refractivity contribution in [1.29, 1.82) is 0 Å². The molecule has 0 saturated heterocycles. The summed E-state index contributed by atoms with van der Waals surface area (Å²) in [6.45, 7) is 0. The second kappa shape index (κ2) is 6.17. The van der Waals surface area contributed by atoms with E-state index in [2.05, 4.69) is 42.5 Å². The van der Waals surface area contributed by atoms with Crippen LogP contribution < -0.4 is 5.73 Å². The smallest absolute Gasteiger partial charge is 0.0406 e. The van der Waals surface area contributed by atoms with Crippen LogP contribution in [0.15, 0.2) is 54.6 Å². The second-order valence-corrected chi connectivity index (χ2v) is 5.96. The minimum Gasteiger partial charge on any atom is -0.325 e. The van der Waals surface area contributed by atoms with E-state index in [0.717, 1.165) is 24.3 Å². The third-order valence-corrected chi connectivity index (χ3v) is 4.36. The number of halogens is 2. The molecule has 0 amide bonds. The summed E-state index contributed by atoms with van der Waals surface area (Å²) >= 11 is 5.92. The molecule has 0 bridgehead atoms. The van der Waals surface area contributed by atoms with Crippen molar-refractivity contribution in [3.63, 3.8) is 0 Å². The van der Waals surface area contributed by atoms with E-state index in [1.165, 1.54) is 11.1 Å². The summed E-state index contributed by atoms with van der Waals surface area (Å²) in [5, 5.41) is 0.788. The maximum Gasteiger partial charge on any atom is 0.0406 e. The molecule has 0 aliphatic heterocycles. The van der Waals surface area contributed by atoms with Gasteiger partial charge in [-0.1, -0.05) is 54.1 Å². The molecule has 3 rings (SSSR count). The first-order valence-electron chi connectivity index (χ1n) is 6.76. The van der Waals surface area contributed by atoms with E-state index in [4.69, 9.17) is 17.3 Å². The third kappa shape index (κ3) is 3.35. The summed E-state index contributed by atoms with van der Waals surface area (Å²) in [6, 6.07) is 18.7. The Kier molecular flexibility index (Phi) is 4.74. The van der Waals surface area contributed by atoms with Crippen LogP contribution in [0.2, 0.25) is 5.02 Å². The van der Waals surface area contributed by atoms with Crippen LogP contribution >= 0.6 is 24.0 Å². The molecule has 0 spiro atoms. The topological polar surface area (TPSA) is 26.0 Å². The van der Waals surface area contributed by atoms with E-state index in [9.17, 15) is 0 Å². The molecule has 106 valence electrons. The van der Waals surface area contributed by atoms with Gasteiger partial charge in [0, 0.05) is 16.5 Å². The van der Waals surface area contributed by atoms with Crippen LogP contribution in [0.25, 0.3) is 0 Å². The van der Waals surface area contributed by atoms with E-state index in [-0.39, 0.29) is 17.9 Å². The lowest BCUT2D eigenvalue weighted by Gasteiger charge is -2.12. The van der Waals surface area contributed by atoms with Gasteiger partial charge in [-0.15, -0.1) is 12.4 Å². The van der Waals surface area contributed by atoms with Crippen molar-refractivity contribution in [2.24, 2.45) is 5.73 Å². The monoisotopic (exact) mass is 307 g/mol. The SMILES string of the molecule is Cl.NC1(CCc2ccccc2)CC1c1ccc(Cl)cc1. The normalized spacial score (nSPS) is 24.0. The van der Waals surface area contributed by atoms with Crippen molar-refractivity contribution in [3.8, 4) is 0 Å². The Morgan fingerprint density at radius 1 is 1.05 bits per heavy atom. The molecule has 3 heteroatoms. The van der Waals surface area contributed by atoms with Gasteiger partial charge in [0.2, 0.25) is 0 Å². The number of rotatable bonds is 4. The van der Waals surface area contributed by atoms with Crippen LogP contribution in [0.3, 0.4) is 0 Å². The maximum absolute atomic E-state index is 6.48. The van der Waals surface area contributed by atoms with Crippen LogP contribution in [-0.2, 0) is 6.42 Å². The molecule has 2 unspecified atom stereocenters. The highest BCUT2D eigenvalue weighted by molar-refractivity contribution is 6.30. The standard InChI is InChI=1S/C17H18ClN.ClH/c18-15-8-6-14(7-9-15)16-12-17(16,19)11-10-13-4-2-1-3-5-13;/h1-9,16H,10-12,19H2;1H. The average molecular weight is 308 g/mol. The fourth-order valence-electron chi connectivity index (χ4n) is 2.76. The fraction of sp³-hybridized carbons (Fsp3) is 0.294. The van der Waals surface area contributed by atoms with Gasteiger partial charge < -0.3 is 5.73 Å². The second-order valence-electron chi connectivity index (χ2n) is 5.53. The molecule has 0 radical (unpaired) electrons. The van der Waals surface area contributed by atoms with Crippen LogP contribution in [-0.4, -0.2) is 5.54 Å². The number of aryl methyl sites for hydroxylation is 1. The van der Waals surface area contributed by atoms with Crippen molar-refractivity contribution in [2.45, 2.75) is 30.7 Å². The number of benzene rings is 2. The summed E-state index contributed by atoms with van der Waals surface area (Å²) in [6.07, 6.45) is 3.19. The largest absolute Gasteiger partial charge is 0.325 e. The van der Waals surface area contributed by atoms with Crippen LogP contribution in [0.4, 0.5) is 0 Å². The maximum atomic E-state index is 6.48. The third-order valence-electron chi connectivity index (χ3n) is 4.11. The summed E-state index contributed by atoms with van der Waals surface area (Å²) in [5.74, 6) is 0.494. The Balaban J connectivity index is 0.00000147. The first-order chi connectivity index (χ1) is 9.17. The predicted molar refractivity (Wildman–Crippen MR) is 87.7 cm³/mol. The van der Waals surface area contributed by atoms with Gasteiger partial charge >= 0.3 is 0 Å². The molecule has 1 fully saturated rings. The molecule has 0 heterocycles. The van der Waals surface area contributed by atoms with Gasteiger partial charge in [0.15, 0.2) is 0 Å². The first kappa shape index (κ1) is 15.4. The molecular weight excluding hydrogens is 289 g/mol. The highest BCUT2D eigenvalue weighted by Gasteiger charge is 2.50. The lowest BCUT2D eigenvalue weighted by atomic mass is 10.00. The Hall–Kier alpha value is -1.02. The zero-order chi connectivity index (χ0) is 13.3. The van der Waals surface area contributed by atoms with Gasteiger partial charge in [-0.05, 0) is 42.5 Å². The van der Waals surface area contributed by atoms with Crippen LogP contribution in [0.1, 0.15) is 29.9 Å². The summed E-state index contributed by atoms with van der Waals surface area (Å²) in [7, 11) is 0. The predicted octanol–water partition coefficient (Wildman–Crippen LogP) is 4.58. The van der Waals surface area contributed by atoms with Crippen LogP contribution in [0, 0.1) is 0 Å². The molecule has 1 aliphatic rings. The quantitative estimate of drug-likeness (QED) is 0.879. The van der Waals surface area contributed by atoms with Gasteiger partial charge in [0.1, 0.15) is 0 Å². The zero-order valence-electron chi connectivity index (χ0n) is 11.3. The lowest BCUT2D eigenvalue weighted by molar-refractivity contribution is 0.589. The molecule has 1 saturated carbocycles. The molecule has 2 N–H and O–H groups in total. The lowest BCUT2D eigenvalue weighted by Crippen LogP contribution is -2.25. The summed E-state index contributed by atoms with van der Waals surface area (Å²) in [5.41, 5.74) is 9.14. The Morgan fingerprint density at radius 3 is 2.35 bits per heavy atom. The van der Waals surface area contributed by atoms with Gasteiger partial charge in [0.25, 0.3) is 0 Å². The molecule has 20 heavy (non-hydrogen) atoms. The zero-order valence-corrected chi connectivity index (χ0v) is 12.8. The van der Waals surface area contributed by atoms with Crippen molar-refractivity contribution in [2.75, 3.05) is 0 Å². The summed E-state index contributed by atoms with van der Waals surface area (Å²) in [4.78, 5) is 0. The van der Waals surface area contributed by atoms with Crippen molar-refractivity contribution < 1.29 is 0 Å². The molecule has 0 aromatic heterocycles. The molecule has 2 aromatic carbocycles. The summed E-state index contributed by atoms with van der Waals surface area (Å²) < 4.78 is 0. The number of hydrogen-bond donors (Lipinski definition) is 1. The van der Waals surface area contributed by atoms with E-state index < -0.39 is 0 Å². The highest BCUT2D eigenvalue weighted by atomic mass is 35.5. The Morgan fingerprint density at radius 2 is 1.70 bits per heavy atom. The van der Waals surface area contributed by atoms with E-state index in [1.807, 2.05) is 12.1 Å².